The zero-order chi connectivity index (χ0) is 11.5. The topological polar surface area (TPSA) is 18.5 Å². The molecule has 0 aliphatic rings. The second-order valence-electron chi connectivity index (χ2n) is 2.82. The zero-order valence-electron chi connectivity index (χ0n) is 8.84. The molecule has 0 radical (unpaired) electrons. The van der Waals surface area contributed by atoms with Crippen molar-refractivity contribution < 1.29 is 73.8 Å². The fourth-order valence-electron chi connectivity index (χ4n) is 0.910. The molecule has 0 N–H and O–H groups in total. The molecule has 1 aromatic rings. The van der Waals surface area contributed by atoms with Crippen molar-refractivity contribution in [2.24, 2.45) is 0 Å². The van der Waals surface area contributed by atoms with E-state index in [-0.39, 0.29) is 57.1 Å². The largest absolute Gasteiger partial charge is 1.00 e. The quantitative estimate of drug-likeness (QED) is 0.739. The Labute approximate surface area is 142 Å². The first kappa shape index (κ1) is 16.8. The maximum Gasteiger partial charge on any atom is 1.00 e. The van der Waals surface area contributed by atoms with Crippen LogP contribution in [0.1, 0.15) is 0 Å². The average Bonchev–Trinajstić information content (AvgIpc) is 2.14. The van der Waals surface area contributed by atoms with Crippen molar-refractivity contribution in [3.63, 3.8) is 0 Å². The minimum Gasteiger partial charge on any atom is -0.521 e. The molecule has 0 aromatic heterocycles. The molecule has 2 nitrogen and oxygen atoms in total. The number of rotatable bonds is 4. The van der Waals surface area contributed by atoms with E-state index in [0.29, 0.717) is 10.2 Å². The Hall–Kier alpha value is 0.791. The molecule has 0 atom stereocenters. The zero-order valence-corrected chi connectivity index (χ0v) is 13.6. The van der Waals surface area contributed by atoms with Crippen LogP contribution in [0.15, 0.2) is 22.7 Å². The molecule has 0 heterocycles. The molecule has 0 amide bonds. The summed E-state index contributed by atoms with van der Waals surface area (Å²) in [7, 11) is 1.47. The van der Waals surface area contributed by atoms with Crippen LogP contribution in [0.25, 0.3) is 0 Å². The normalized spacial score (nSPS) is 10.6. The van der Waals surface area contributed by atoms with E-state index in [0.717, 1.165) is 0 Å². The Kier molecular flexibility index (Phi) is 7.64. The van der Waals surface area contributed by atoms with E-state index < -0.39 is 13.5 Å². The first-order valence-electron chi connectivity index (χ1n) is 4.10. The maximum atomic E-state index is 11.9. The van der Waals surface area contributed by atoms with Crippen molar-refractivity contribution in [1.29, 1.82) is 0 Å². The Bertz CT molecular complexity index is 349. The van der Waals surface area contributed by atoms with Crippen LogP contribution in [0.2, 0.25) is 0 Å². The van der Waals surface area contributed by atoms with Crippen LogP contribution >= 0.6 is 15.9 Å². The van der Waals surface area contributed by atoms with Gasteiger partial charge in [-0.1, -0.05) is 0 Å². The monoisotopic (exact) mass is 322 g/mol. The molecule has 0 aliphatic carbocycles. The van der Waals surface area contributed by atoms with Gasteiger partial charge >= 0.3 is 58.4 Å². The number of hydrogen-bond donors (Lipinski definition) is 0. The molecular formula is C8H8BBrF3KO2. The molecule has 84 valence electrons. The summed E-state index contributed by atoms with van der Waals surface area (Å²) < 4.78 is 45.7. The Balaban J connectivity index is 0.00000225. The fraction of sp³-hybridized carbons (Fsp3) is 0.250. The van der Waals surface area contributed by atoms with E-state index in [1.807, 2.05) is 0 Å². The number of methoxy groups -OCH3 is 1. The standard InChI is InChI=1S/C8H8BBrF3O2.K/c1-14-6-2-3-8(7(10)4-6)15-5-9(11,12)13;/h2-4H,5H2,1H3;/q-1;+1. The third-order valence-corrected chi connectivity index (χ3v) is 2.19. The van der Waals surface area contributed by atoms with Crippen LogP contribution in [-0.2, 0) is 0 Å². The van der Waals surface area contributed by atoms with Gasteiger partial charge in [0.1, 0.15) is 11.5 Å². The molecule has 0 aliphatic heterocycles. The summed E-state index contributed by atoms with van der Waals surface area (Å²) in [5.41, 5.74) is 0. The van der Waals surface area contributed by atoms with E-state index in [1.165, 1.54) is 19.2 Å². The molecule has 0 bridgehead atoms. The summed E-state index contributed by atoms with van der Waals surface area (Å²) in [6, 6.07) is 4.49. The molecule has 0 saturated heterocycles. The van der Waals surface area contributed by atoms with Gasteiger partial charge in [-0.3, -0.25) is 0 Å². The first-order chi connectivity index (χ1) is 6.92. The predicted octanol–water partition coefficient (Wildman–Crippen LogP) is 0.227. The van der Waals surface area contributed by atoms with Gasteiger partial charge in [-0.25, -0.2) is 0 Å². The summed E-state index contributed by atoms with van der Waals surface area (Å²) >= 11 is 3.09. The van der Waals surface area contributed by atoms with Crippen LogP contribution in [0.3, 0.4) is 0 Å². The third kappa shape index (κ3) is 5.92. The van der Waals surface area contributed by atoms with Crippen molar-refractivity contribution in [3.05, 3.63) is 22.7 Å². The average molecular weight is 323 g/mol. The molecule has 0 spiro atoms. The summed E-state index contributed by atoms with van der Waals surface area (Å²) in [6.45, 7) is -6.18. The SMILES string of the molecule is COc1ccc(OC[B-](F)(F)F)c(Br)c1.[K+]. The summed E-state index contributed by atoms with van der Waals surface area (Å²) in [6.07, 6.45) is 0. The van der Waals surface area contributed by atoms with Gasteiger partial charge in [-0.05, 0) is 34.1 Å². The van der Waals surface area contributed by atoms with E-state index in [1.54, 1.807) is 6.07 Å². The number of benzene rings is 1. The van der Waals surface area contributed by atoms with Crippen LogP contribution in [0.5, 0.6) is 11.5 Å². The number of hydrogen-bond acceptors (Lipinski definition) is 2. The molecular weight excluding hydrogens is 315 g/mol. The van der Waals surface area contributed by atoms with Gasteiger partial charge in [0.2, 0.25) is 0 Å². The molecule has 0 unspecified atom stereocenters. The smallest absolute Gasteiger partial charge is 0.521 e. The Morgan fingerprint density at radius 3 is 2.38 bits per heavy atom. The van der Waals surface area contributed by atoms with Crippen LogP contribution < -0.4 is 60.9 Å². The maximum absolute atomic E-state index is 11.9. The van der Waals surface area contributed by atoms with E-state index in [2.05, 4.69) is 20.7 Å². The van der Waals surface area contributed by atoms with Crippen molar-refractivity contribution in [3.8, 4) is 11.5 Å². The van der Waals surface area contributed by atoms with Gasteiger partial charge in [-0.2, -0.15) is 0 Å². The van der Waals surface area contributed by atoms with Crippen LogP contribution in [0.4, 0.5) is 12.9 Å². The van der Waals surface area contributed by atoms with Crippen molar-refractivity contribution in [2.75, 3.05) is 13.6 Å². The van der Waals surface area contributed by atoms with E-state index >= 15 is 0 Å². The summed E-state index contributed by atoms with van der Waals surface area (Å²) in [5, 5.41) is 0. The van der Waals surface area contributed by atoms with Gasteiger partial charge in [-0.15, -0.1) is 0 Å². The van der Waals surface area contributed by atoms with Crippen molar-refractivity contribution in [1.82, 2.24) is 0 Å². The van der Waals surface area contributed by atoms with Gasteiger partial charge in [0.05, 0.1) is 18.1 Å². The van der Waals surface area contributed by atoms with Crippen molar-refractivity contribution in [2.45, 2.75) is 0 Å². The second-order valence-corrected chi connectivity index (χ2v) is 3.67. The van der Waals surface area contributed by atoms with E-state index in [9.17, 15) is 12.9 Å². The van der Waals surface area contributed by atoms with Gasteiger partial charge < -0.3 is 22.4 Å². The van der Waals surface area contributed by atoms with Gasteiger partial charge in [0.15, 0.2) is 0 Å². The molecule has 1 rings (SSSR count). The molecule has 0 fully saturated rings. The Morgan fingerprint density at radius 2 is 1.94 bits per heavy atom. The summed E-state index contributed by atoms with van der Waals surface area (Å²) in [4.78, 5) is 0. The summed E-state index contributed by atoms with van der Waals surface area (Å²) in [5.74, 6) is 0.696. The molecule has 0 saturated carbocycles. The number of halogens is 4. The third-order valence-electron chi connectivity index (χ3n) is 1.57. The number of ether oxygens (including phenoxy) is 2. The predicted molar refractivity (Wildman–Crippen MR) is 55.3 cm³/mol. The van der Waals surface area contributed by atoms with Crippen molar-refractivity contribution >= 4 is 22.9 Å². The van der Waals surface area contributed by atoms with Crippen LogP contribution in [-0.4, -0.2) is 20.6 Å². The molecule has 1 aromatic carbocycles. The van der Waals surface area contributed by atoms with Gasteiger partial charge in [0, 0.05) is 0 Å². The van der Waals surface area contributed by atoms with Crippen LogP contribution in [0, 0.1) is 0 Å². The molecule has 16 heavy (non-hydrogen) atoms. The minimum absolute atomic E-state index is 0. The molecule has 8 heteroatoms. The fourth-order valence-corrected chi connectivity index (χ4v) is 1.38. The van der Waals surface area contributed by atoms with E-state index in [4.69, 9.17) is 4.74 Å². The second kappa shape index (κ2) is 7.28. The Morgan fingerprint density at radius 1 is 1.31 bits per heavy atom. The van der Waals surface area contributed by atoms with Gasteiger partial charge in [0.25, 0.3) is 0 Å². The minimum atomic E-state index is -4.93. The first-order valence-corrected chi connectivity index (χ1v) is 4.89.